The second kappa shape index (κ2) is 6.39. The Morgan fingerprint density at radius 1 is 1.50 bits per heavy atom. The minimum absolute atomic E-state index is 0.103. The molecule has 1 aromatic rings. The zero-order valence-electron chi connectivity index (χ0n) is 9.85. The van der Waals surface area contributed by atoms with Crippen molar-refractivity contribution in [2.24, 2.45) is 5.73 Å². The summed E-state index contributed by atoms with van der Waals surface area (Å²) in [5.41, 5.74) is 5.50. The molecule has 0 saturated heterocycles. The fourth-order valence-electron chi connectivity index (χ4n) is 1.37. The molecule has 98 valence electrons. The van der Waals surface area contributed by atoms with Crippen molar-refractivity contribution in [2.45, 2.75) is 24.3 Å². The van der Waals surface area contributed by atoms with E-state index in [0.29, 0.717) is 12.0 Å². The van der Waals surface area contributed by atoms with Crippen molar-refractivity contribution < 1.29 is 19.1 Å². The number of carboxylic acid groups (broad SMARTS) is 1. The van der Waals surface area contributed by atoms with Crippen molar-refractivity contribution in [1.82, 2.24) is 0 Å². The molecule has 4 nitrogen and oxygen atoms in total. The zero-order chi connectivity index (χ0) is 13.7. The predicted molar refractivity (Wildman–Crippen MR) is 67.9 cm³/mol. The lowest BCUT2D eigenvalue weighted by Gasteiger charge is -2.10. The fourth-order valence-corrected chi connectivity index (χ4v) is 2.36. The van der Waals surface area contributed by atoms with Crippen molar-refractivity contribution in [3.8, 4) is 0 Å². The predicted octanol–water partition coefficient (Wildman–Crippen LogP) is 2.02. The van der Waals surface area contributed by atoms with Gasteiger partial charge in [0.05, 0.1) is 0 Å². The first-order chi connectivity index (χ1) is 8.45. The van der Waals surface area contributed by atoms with E-state index in [1.165, 1.54) is 12.1 Å². The van der Waals surface area contributed by atoms with Crippen LogP contribution in [0.25, 0.3) is 0 Å². The molecule has 1 unspecified atom stereocenters. The molecular weight excluding hydrogens is 257 g/mol. The zero-order valence-corrected chi connectivity index (χ0v) is 10.7. The highest BCUT2D eigenvalue weighted by Gasteiger charge is 2.16. The Hall–Kier alpha value is -1.56. The SMILES string of the molecule is CCC(SCc1ccc(C(N)=O)cc1F)C(=O)O. The number of aliphatic carboxylic acids is 1. The van der Waals surface area contributed by atoms with Crippen LogP contribution in [0.2, 0.25) is 0 Å². The van der Waals surface area contributed by atoms with Gasteiger partial charge in [-0.2, -0.15) is 0 Å². The number of carboxylic acids is 1. The molecule has 0 radical (unpaired) electrons. The van der Waals surface area contributed by atoms with E-state index >= 15 is 0 Å². The number of halogens is 1. The second-order valence-corrected chi connectivity index (χ2v) is 4.91. The number of carbonyl (C=O) groups excluding carboxylic acids is 1. The Morgan fingerprint density at radius 2 is 2.17 bits per heavy atom. The van der Waals surface area contributed by atoms with E-state index < -0.39 is 22.9 Å². The standard InChI is InChI=1S/C12H14FNO3S/c1-2-10(12(16)17)18-6-8-4-3-7(11(14)15)5-9(8)13/h3-5,10H,2,6H2,1H3,(H2,14,15)(H,16,17). The van der Waals surface area contributed by atoms with Gasteiger partial charge in [-0.15, -0.1) is 11.8 Å². The van der Waals surface area contributed by atoms with Gasteiger partial charge in [0.2, 0.25) is 5.91 Å². The maximum absolute atomic E-state index is 13.6. The summed E-state index contributed by atoms with van der Waals surface area (Å²) in [6.07, 6.45) is 0.473. The van der Waals surface area contributed by atoms with Crippen LogP contribution in [0, 0.1) is 5.82 Å². The molecule has 0 bridgehead atoms. The Balaban J connectivity index is 2.74. The molecule has 0 spiro atoms. The molecule has 0 aromatic heterocycles. The molecule has 1 aromatic carbocycles. The number of thioether (sulfide) groups is 1. The summed E-state index contributed by atoms with van der Waals surface area (Å²) in [6, 6.07) is 3.96. The minimum atomic E-state index is -0.906. The van der Waals surface area contributed by atoms with Crippen LogP contribution < -0.4 is 5.73 Å². The highest BCUT2D eigenvalue weighted by molar-refractivity contribution is 7.99. The van der Waals surface area contributed by atoms with E-state index in [-0.39, 0.29) is 11.3 Å². The number of primary amides is 1. The first kappa shape index (κ1) is 14.5. The lowest BCUT2D eigenvalue weighted by Crippen LogP contribution is -2.15. The monoisotopic (exact) mass is 271 g/mol. The van der Waals surface area contributed by atoms with E-state index in [2.05, 4.69) is 0 Å². The highest BCUT2D eigenvalue weighted by atomic mass is 32.2. The van der Waals surface area contributed by atoms with Crippen molar-refractivity contribution >= 4 is 23.6 Å². The molecule has 0 aliphatic heterocycles. The van der Waals surface area contributed by atoms with E-state index in [9.17, 15) is 14.0 Å². The summed E-state index contributed by atoms with van der Waals surface area (Å²) in [6.45, 7) is 1.76. The molecule has 1 rings (SSSR count). The van der Waals surface area contributed by atoms with Gasteiger partial charge >= 0.3 is 5.97 Å². The van der Waals surface area contributed by atoms with Crippen LogP contribution in [0.15, 0.2) is 18.2 Å². The van der Waals surface area contributed by atoms with Gasteiger partial charge in [-0.05, 0) is 24.1 Å². The van der Waals surface area contributed by atoms with Crippen LogP contribution in [-0.4, -0.2) is 22.2 Å². The third-order valence-corrected chi connectivity index (χ3v) is 3.84. The first-order valence-electron chi connectivity index (χ1n) is 5.38. The minimum Gasteiger partial charge on any atom is -0.480 e. The maximum atomic E-state index is 13.6. The summed E-state index contributed by atoms with van der Waals surface area (Å²) in [5.74, 6) is -1.89. The van der Waals surface area contributed by atoms with Gasteiger partial charge in [0.15, 0.2) is 0 Å². The first-order valence-corrected chi connectivity index (χ1v) is 6.43. The smallest absolute Gasteiger partial charge is 0.316 e. The largest absolute Gasteiger partial charge is 0.480 e. The molecule has 1 amide bonds. The molecule has 0 fully saturated rings. The number of hydrogen-bond donors (Lipinski definition) is 2. The van der Waals surface area contributed by atoms with Crippen LogP contribution in [0.1, 0.15) is 29.3 Å². The Labute approximate surface area is 108 Å². The maximum Gasteiger partial charge on any atom is 0.316 e. The Morgan fingerprint density at radius 3 is 2.61 bits per heavy atom. The van der Waals surface area contributed by atoms with Crippen LogP contribution in [-0.2, 0) is 10.5 Å². The molecule has 0 aliphatic carbocycles. The number of amides is 1. The lowest BCUT2D eigenvalue weighted by atomic mass is 10.1. The van der Waals surface area contributed by atoms with Crippen LogP contribution in [0.4, 0.5) is 4.39 Å². The fraction of sp³-hybridized carbons (Fsp3) is 0.333. The molecule has 6 heteroatoms. The molecular formula is C12H14FNO3S. The van der Waals surface area contributed by atoms with E-state index in [1.807, 2.05) is 0 Å². The van der Waals surface area contributed by atoms with Crippen LogP contribution in [0.3, 0.4) is 0 Å². The number of benzene rings is 1. The molecule has 18 heavy (non-hydrogen) atoms. The van der Waals surface area contributed by atoms with Gasteiger partial charge < -0.3 is 10.8 Å². The van der Waals surface area contributed by atoms with Gasteiger partial charge in [-0.3, -0.25) is 9.59 Å². The summed E-state index contributed by atoms with van der Waals surface area (Å²) < 4.78 is 13.6. The van der Waals surface area contributed by atoms with Gasteiger partial charge in [-0.1, -0.05) is 13.0 Å². The Bertz CT molecular complexity index is 465. The second-order valence-electron chi connectivity index (χ2n) is 3.72. The van der Waals surface area contributed by atoms with Gasteiger partial charge in [0.25, 0.3) is 0 Å². The molecule has 1 atom stereocenters. The molecule has 3 N–H and O–H groups in total. The van der Waals surface area contributed by atoms with Crippen molar-refractivity contribution in [3.05, 3.63) is 35.1 Å². The van der Waals surface area contributed by atoms with E-state index in [0.717, 1.165) is 17.8 Å². The highest BCUT2D eigenvalue weighted by Crippen LogP contribution is 2.22. The van der Waals surface area contributed by atoms with E-state index in [1.54, 1.807) is 6.92 Å². The molecule has 0 heterocycles. The average Bonchev–Trinajstić information content (AvgIpc) is 2.30. The van der Waals surface area contributed by atoms with Crippen LogP contribution >= 0.6 is 11.8 Å². The van der Waals surface area contributed by atoms with Crippen LogP contribution in [0.5, 0.6) is 0 Å². The van der Waals surface area contributed by atoms with Crippen molar-refractivity contribution in [1.29, 1.82) is 0 Å². The normalized spacial score (nSPS) is 12.1. The number of hydrogen-bond acceptors (Lipinski definition) is 3. The third-order valence-electron chi connectivity index (χ3n) is 2.42. The van der Waals surface area contributed by atoms with Crippen molar-refractivity contribution in [3.63, 3.8) is 0 Å². The number of carbonyl (C=O) groups is 2. The quantitative estimate of drug-likeness (QED) is 0.829. The summed E-state index contributed by atoms with van der Waals surface area (Å²) in [7, 11) is 0. The number of rotatable bonds is 6. The van der Waals surface area contributed by atoms with Crippen molar-refractivity contribution in [2.75, 3.05) is 0 Å². The van der Waals surface area contributed by atoms with Gasteiger partial charge in [-0.25, -0.2) is 4.39 Å². The summed E-state index contributed by atoms with van der Waals surface area (Å²) in [5, 5.41) is 8.31. The average molecular weight is 271 g/mol. The summed E-state index contributed by atoms with van der Waals surface area (Å²) in [4.78, 5) is 21.6. The lowest BCUT2D eigenvalue weighted by molar-refractivity contribution is -0.136. The molecule has 0 aliphatic rings. The van der Waals surface area contributed by atoms with Gasteiger partial charge in [0.1, 0.15) is 11.1 Å². The number of nitrogens with two attached hydrogens (primary N) is 1. The third kappa shape index (κ3) is 3.73. The topological polar surface area (TPSA) is 80.4 Å². The Kier molecular flexibility index (Phi) is 5.15. The summed E-state index contributed by atoms with van der Waals surface area (Å²) >= 11 is 1.16. The molecule has 0 saturated carbocycles. The van der Waals surface area contributed by atoms with Gasteiger partial charge in [0, 0.05) is 11.3 Å². The van der Waals surface area contributed by atoms with E-state index in [4.69, 9.17) is 10.8 Å².